The average Bonchev–Trinajstić information content (AvgIpc) is 2.75. The Morgan fingerprint density at radius 2 is 1.94 bits per heavy atom. The molecule has 3 amide bonds. The predicted octanol–water partition coefficient (Wildman–Crippen LogP) is 0.413. The summed E-state index contributed by atoms with van der Waals surface area (Å²) in [7, 11) is 0. The zero-order valence-electron chi connectivity index (χ0n) is 9.74. The second-order valence-corrected chi connectivity index (χ2v) is 4.49. The van der Waals surface area contributed by atoms with Gasteiger partial charge in [-0.05, 0) is 26.2 Å². The van der Waals surface area contributed by atoms with E-state index in [0.717, 1.165) is 25.9 Å². The van der Waals surface area contributed by atoms with Crippen LogP contribution in [0.25, 0.3) is 0 Å². The number of carbonyl (C=O) groups excluding carboxylic acids is 2. The van der Waals surface area contributed by atoms with Gasteiger partial charge in [-0.15, -0.1) is 0 Å². The van der Waals surface area contributed by atoms with E-state index in [-0.39, 0.29) is 18.0 Å². The molecule has 5 nitrogen and oxygen atoms in total. The number of nitrogens with zero attached hydrogens (tertiary/aromatic N) is 2. The van der Waals surface area contributed by atoms with Crippen LogP contribution in [0.3, 0.4) is 0 Å². The molecule has 0 saturated carbocycles. The minimum atomic E-state index is -0.319. The van der Waals surface area contributed by atoms with E-state index in [1.54, 1.807) is 4.90 Å². The molecule has 2 heterocycles. The molecule has 0 bridgehead atoms. The maximum atomic E-state index is 12.1. The molecule has 0 aromatic rings. The van der Waals surface area contributed by atoms with Gasteiger partial charge in [0.25, 0.3) is 0 Å². The fraction of sp³-hybridized carbons (Fsp3) is 0.818. The highest BCUT2D eigenvalue weighted by Gasteiger charge is 2.32. The Morgan fingerprint density at radius 3 is 2.50 bits per heavy atom. The number of urea groups is 1. The SMILES string of the molecule is CC(C(=O)N1CCCCC1)N1CCNC1=O. The van der Waals surface area contributed by atoms with Gasteiger partial charge in [0, 0.05) is 26.2 Å². The van der Waals surface area contributed by atoms with Gasteiger partial charge in [-0.25, -0.2) is 4.79 Å². The fourth-order valence-electron chi connectivity index (χ4n) is 2.37. The Hall–Kier alpha value is -1.26. The fourth-order valence-corrected chi connectivity index (χ4v) is 2.37. The molecule has 0 aliphatic carbocycles. The van der Waals surface area contributed by atoms with Crippen LogP contribution in [0, 0.1) is 0 Å². The van der Waals surface area contributed by atoms with Gasteiger partial charge in [-0.1, -0.05) is 0 Å². The van der Waals surface area contributed by atoms with Crippen LogP contribution in [0.15, 0.2) is 0 Å². The molecule has 1 N–H and O–H groups in total. The van der Waals surface area contributed by atoms with E-state index in [1.807, 2.05) is 11.8 Å². The van der Waals surface area contributed by atoms with Gasteiger partial charge in [0.05, 0.1) is 0 Å². The second kappa shape index (κ2) is 4.72. The van der Waals surface area contributed by atoms with Crippen LogP contribution >= 0.6 is 0 Å². The van der Waals surface area contributed by atoms with Crippen LogP contribution in [0.5, 0.6) is 0 Å². The van der Waals surface area contributed by atoms with Crippen molar-refractivity contribution in [2.45, 2.75) is 32.2 Å². The highest BCUT2D eigenvalue weighted by atomic mass is 16.2. The van der Waals surface area contributed by atoms with Crippen LogP contribution in [0.4, 0.5) is 4.79 Å². The van der Waals surface area contributed by atoms with Crippen molar-refractivity contribution in [1.29, 1.82) is 0 Å². The second-order valence-electron chi connectivity index (χ2n) is 4.49. The monoisotopic (exact) mass is 225 g/mol. The summed E-state index contributed by atoms with van der Waals surface area (Å²) in [6.07, 6.45) is 3.39. The molecule has 2 saturated heterocycles. The van der Waals surface area contributed by atoms with E-state index in [9.17, 15) is 9.59 Å². The molecule has 0 spiro atoms. The Morgan fingerprint density at radius 1 is 1.25 bits per heavy atom. The lowest BCUT2D eigenvalue weighted by molar-refractivity contribution is -0.136. The first-order valence-corrected chi connectivity index (χ1v) is 6.03. The number of carbonyl (C=O) groups is 2. The van der Waals surface area contributed by atoms with Crippen molar-refractivity contribution in [3.8, 4) is 0 Å². The van der Waals surface area contributed by atoms with Gasteiger partial charge < -0.3 is 15.1 Å². The summed E-state index contributed by atoms with van der Waals surface area (Å²) < 4.78 is 0. The third-order valence-corrected chi connectivity index (χ3v) is 3.38. The Labute approximate surface area is 95.8 Å². The number of piperidine rings is 1. The van der Waals surface area contributed by atoms with Crippen molar-refractivity contribution in [1.82, 2.24) is 15.1 Å². The maximum Gasteiger partial charge on any atom is 0.318 e. The molecule has 2 aliphatic heterocycles. The number of rotatable bonds is 2. The van der Waals surface area contributed by atoms with Gasteiger partial charge in [-0.3, -0.25) is 4.79 Å². The number of hydrogen-bond donors (Lipinski definition) is 1. The molecule has 0 radical (unpaired) electrons. The maximum absolute atomic E-state index is 12.1. The van der Waals surface area contributed by atoms with E-state index in [2.05, 4.69) is 5.32 Å². The minimum absolute atomic E-state index is 0.0942. The van der Waals surface area contributed by atoms with Crippen molar-refractivity contribution in [3.05, 3.63) is 0 Å². The van der Waals surface area contributed by atoms with E-state index in [0.29, 0.717) is 13.1 Å². The molecule has 2 rings (SSSR count). The molecule has 2 fully saturated rings. The molecule has 0 aromatic heterocycles. The molecule has 1 atom stereocenters. The Balaban J connectivity index is 1.95. The summed E-state index contributed by atoms with van der Waals surface area (Å²) in [5.41, 5.74) is 0. The zero-order chi connectivity index (χ0) is 11.5. The normalized spacial score (nSPS) is 23.2. The quantitative estimate of drug-likeness (QED) is 0.740. The molecular formula is C11H19N3O2. The van der Waals surface area contributed by atoms with Crippen molar-refractivity contribution in [2.75, 3.05) is 26.2 Å². The van der Waals surface area contributed by atoms with Crippen molar-refractivity contribution in [3.63, 3.8) is 0 Å². The Kier molecular flexibility index (Phi) is 3.31. The molecule has 5 heteroatoms. The van der Waals surface area contributed by atoms with E-state index in [1.165, 1.54) is 6.42 Å². The first-order valence-electron chi connectivity index (χ1n) is 6.03. The predicted molar refractivity (Wildman–Crippen MR) is 60.0 cm³/mol. The molecule has 2 aliphatic rings. The highest BCUT2D eigenvalue weighted by Crippen LogP contribution is 2.13. The number of amides is 3. The van der Waals surface area contributed by atoms with Crippen LogP contribution in [0.1, 0.15) is 26.2 Å². The van der Waals surface area contributed by atoms with Crippen molar-refractivity contribution in [2.24, 2.45) is 0 Å². The van der Waals surface area contributed by atoms with Crippen LogP contribution in [-0.4, -0.2) is 54.0 Å². The van der Waals surface area contributed by atoms with E-state index in [4.69, 9.17) is 0 Å². The first kappa shape index (κ1) is 11.2. The summed E-state index contributed by atoms with van der Waals surface area (Å²) in [6.45, 7) is 4.80. The zero-order valence-corrected chi connectivity index (χ0v) is 9.74. The number of nitrogens with one attached hydrogen (secondary N) is 1. The van der Waals surface area contributed by atoms with Crippen LogP contribution in [-0.2, 0) is 4.79 Å². The summed E-state index contributed by atoms with van der Waals surface area (Å²) in [5.74, 6) is 0.0942. The third-order valence-electron chi connectivity index (χ3n) is 3.38. The summed E-state index contributed by atoms with van der Waals surface area (Å²) in [4.78, 5) is 27.1. The highest BCUT2D eigenvalue weighted by molar-refractivity contribution is 5.87. The third kappa shape index (κ3) is 2.13. The minimum Gasteiger partial charge on any atom is -0.341 e. The smallest absolute Gasteiger partial charge is 0.318 e. The number of hydrogen-bond acceptors (Lipinski definition) is 2. The van der Waals surface area contributed by atoms with Crippen LogP contribution in [0.2, 0.25) is 0 Å². The largest absolute Gasteiger partial charge is 0.341 e. The van der Waals surface area contributed by atoms with Gasteiger partial charge >= 0.3 is 6.03 Å². The lowest BCUT2D eigenvalue weighted by atomic mass is 10.1. The lowest BCUT2D eigenvalue weighted by Crippen LogP contribution is -2.49. The molecule has 16 heavy (non-hydrogen) atoms. The molecule has 90 valence electrons. The summed E-state index contributed by atoms with van der Waals surface area (Å²) in [5, 5.41) is 2.72. The topological polar surface area (TPSA) is 52.7 Å². The molecule has 1 unspecified atom stereocenters. The first-order chi connectivity index (χ1) is 7.70. The van der Waals surface area contributed by atoms with Crippen molar-refractivity contribution < 1.29 is 9.59 Å². The van der Waals surface area contributed by atoms with Crippen LogP contribution < -0.4 is 5.32 Å². The van der Waals surface area contributed by atoms with Gasteiger partial charge in [0.2, 0.25) is 5.91 Å². The van der Waals surface area contributed by atoms with E-state index >= 15 is 0 Å². The standard InChI is InChI=1S/C11H19N3O2/c1-9(14-8-5-12-11(14)16)10(15)13-6-3-2-4-7-13/h9H,2-8H2,1H3,(H,12,16). The van der Waals surface area contributed by atoms with E-state index < -0.39 is 0 Å². The summed E-state index contributed by atoms with van der Waals surface area (Å²) >= 11 is 0. The van der Waals surface area contributed by atoms with Crippen molar-refractivity contribution >= 4 is 11.9 Å². The van der Waals surface area contributed by atoms with Gasteiger partial charge in [-0.2, -0.15) is 0 Å². The molecular weight excluding hydrogens is 206 g/mol. The average molecular weight is 225 g/mol. The number of likely N-dealkylation sites (tertiary alicyclic amines) is 1. The summed E-state index contributed by atoms with van der Waals surface area (Å²) in [6, 6.07) is -0.432. The molecule has 0 aromatic carbocycles. The van der Waals surface area contributed by atoms with Gasteiger partial charge in [0.1, 0.15) is 6.04 Å². The Bertz CT molecular complexity index is 287. The van der Waals surface area contributed by atoms with Gasteiger partial charge in [0.15, 0.2) is 0 Å². The lowest BCUT2D eigenvalue weighted by Gasteiger charge is -2.32.